The third-order valence-corrected chi connectivity index (χ3v) is 4.60. The van der Waals surface area contributed by atoms with Crippen LogP contribution in [0.3, 0.4) is 0 Å². The molecule has 0 saturated carbocycles. The molecule has 0 fully saturated rings. The van der Waals surface area contributed by atoms with Crippen molar-refractivity contribution >= 4 is 5.69 Å². The average molecular weight is 274 g/mol. The number of anilines is 1. The summed E-state index contributed by atoms with van der Waals surface area (Å²) in [6.45, 7) is 11.5. The number of rotatable bonds is 6. The standard InChI is InChI=1S/C18H30N2/c1-5-17(6-2)19-12-15(4)20-13-14(3)11-16-9-7-8-10-18(16)20/h7-10,14-15,17,19H,5-6,11-13H2,1-4H3. The molecule has 0 saturated heterocycles. The molecule has 1 heterocycles. The topological polar surface area (TPSA) is 15.3 Å². The first-order valence-corrected chi connectivity index (χ1v) is 8.23. The lowest BCUT2D eigenvalue weighted by atomic mass is 9.93. The third kappa shape index (κ3) is 3.54. The number of para-hydroxylation sites is 1. The van der Waals surface area contributed by atoms with Crippen LogP contribution in [0.25, 0.3) is 0 Å². The highest BCUT2D eigenvalue weighted by Crippen LogP contribution is 2.30. The van der Waals surface area contributed by atoms with Gasteiger partial charge >= 0.3 is 0 Å². The largest absolute Gasteiger partial charge is 0.367 e. The monoisotopic (exact) mass is 274 g/mol. The summed E-state index contributed by atoms with van der Waals surface area (Å²) in [7, 11) is 0. The Morgan fingerprint density at radius 2 is 1.95 bits per heavy atom. The van der Waals surface area contributed by atoms with Crippen molar-refractivity contribution in [2.24, 2.45) is 5.92 Å². The molecule has 0 radical (unpaired) electrons. The number of nitrogens with one attached hydrogen (secondary N) is 1. The van der Waals surface area contributed by atoms with Crippen molar-refractivity contribution in [3.05, 3.63) is 29.8 Å². The van der Waals surface area contributed by atoms with Gasteiger partial charge in [-0.15, -0.1) is 0 Å². The van der Waals surface area contributed by atoms with Crippen molar-refractivity contribution in [2.75, 3.05) is 18.0 Å². The van der Waals surface area contributed by atoms with E-state index < -0.39 is 0 Å². The van der Waals surface area contributed by atoms with Crippen LogP contribution in [0.15, 0.2) is 24.3 Å². The van der Waals surface area contributed by atoms with Crippen LogP contribution in [-0.2, 0) is 6.42 Å². The van der Waals surface area contributed by atoms with Gasteiger partial charge < -0.3 is 10.2 Å². The minimum Gasteiger partial charge on any atom is -0.367 e. The second-order valence-electron chi connectivity index (χ2n) is 6.36. The van der Waals surface area contributed by atoms with E-state index in [0.717, 1.165) is 12.5 Å². The van der Waals surface area contributed by atoms with Crippen molar-refractivity contribution in [3.8, 4) is 0 Å². The fourth-order valence-corrected chi connectivity index (χ4v) is 3.28. The molecule has 1 N–H and O–H groups in total. The van der Waals surface area contributed by atoms with Crippen LogP contribution in [0.5, 0.6) is 0 Å². The normalized spacial score (nSPS) is 20.1. The van der Waals surface area contributed by atoms with E-state index in [0.29, 0.717) is 12.1 Å². The van der Waals surface area contributed by atoms with Gasteiger partial charge in [0.15, 0.2) is 0 Å². The summed E-state index contributed by atoms with van der Waals surface area (Å²) in [5.74, 6) is 0.750. The van der Waals surface area contributed by atoms with E-state index in [1.807, 2.05) is 0 Å². The summed E-state index contributed by atoms with van der Waals surface area (Å²) in [4.78, 5) is 2.60. The van der Waals surface area contributed by atoms with Crippen molar-refractivity contribution in [2.45, 2.75) is 59.0 Å². The van der Waals surface area contributed by atoms with Gasteiger partial charge in [0.25, 0.3) is 0 Å². The molecule has 20 heavy (non-hydrogen) atoms. The Bertz CT molecular complexity index is 412. The zero-order valence-electron chi connectivity index (χ0n) is 13.5. The second-order valence-corrected chi connectivity index (χ2v) is 6.36. The smallest absolute Gasteiger partial charge is 0.0401 e. The molecule has 0 aromatic heterocycles. The molecule has 0 bridgehead atoms. The lowest BCUT2D eigenvalue weighted by Crippen LogP contribution is -2.47. The summed E-state index contributed by atoms with van der Waals surface area (Å²) in [5, 5.41) is 3.72. The number of hydrogen-bond donors (Lipinski definition) is 1. The summed E-state index contributed by atoms with van der Waals surface area (Å²) in [6, 6.07) is 10.1. The summed E-state index contributed by atoms with van der Waals surface area (Å²) in [6.07, 6.45) is 3.66. The molecule has 0 amide bonds. The Morgan fingerprint density at radius 3 is 2.65 bits per heavy atom. The minimum atomic E-state index is 0.555. The summed E-state index contributed by atoms with van der Waals surface area (Å²) in [5.41, 5.74) is 2.96. The zero-order valence-corrected chi connectivity index (χ0v) is 13.5. The van der Waals surface area contributed by atoms with Gasteiger partial charge in [0.1, 0.15) is 0 Å². The van der Waals surface area contributed by atoms with E-state index in [-0.39, 0.29) is 0 Å². The van der Waals surface area contributed by atoms with Gasteiger partial charge in [0.2, 0.25) is 0 Å². The van der Waals surface area contributed by atoms with Gasteiger partial charge in [-0.25, -0.2) is 0 Å². The van der Waals surface area contributed by atoms with Gasteiger partial charge in [-0.1, -0.05) is 39.0 Å². The minimum absolute atomic E-state index is 0.555. The predicted molar refractivity (Wildman–Crippen MR) is 88.5 cm³/mol. The maximum Gasteiger partial charge on any atom is 0.0401 e. The van der Waals surface area contributed by atoms with Crippen molar-refractivity contribution < 1.29 is 0 Å². The Labute approximate surface area is 124 Å². The molecular formula is C18H30N2. The quantitative estimate of drug-likeness (QED) is 0.847. The maximum absolute atomic E-state index is 3.72. The molecular weight excluding hydrogens is 244 g/mol. The van der Waals surface area contributed by atoms with E-state index in [1.54, 1.807) is 0 Å². The highest BCUT2D eigenvalue weighted by molar-refractivity contribution is 5.56. The molecule has 112 valence electrons. The van der Waals surface area contributed by atoms with E-state index in [4.69, 9.17) is 0 Å². The Hall–Kier alpha value is -1.02. The summed E-state index contributed by atoms with van der Waals surface area (Å²) < 4.78 is 0. The van der Waals surface area contributed by atoms with E-state index in [9.17, 15) is 0 Å². The van der Waals surface area contributed by atoms with Crippen LogP contribution in [-0.4, -0.2) is 25.2 Å². The first-order chi connectivity index (χ1) is 9.65. The molecule has 1 aliphatic rings. The molecule has 2 nitrogen and oxygen atoms in total. The Balaban J connectivity index is 2.04. The zero-order chi connectivity index (χ0) is 14.5. The number of hydrogen-bond acceptors (Lipinski definition) is 2. The van der Waals surface area contributed by atoms with Crippen LogP contribution < -0.4 is 10.2 Å². The van der Waals surface area contributed by atoms with Crippen LogP contribution >= 0.6 is 0 Å². The Morgan fingerprint density at radius 1 is 1.25 bits per heavy atom. The van der Waals surface area contributed by atoms with Crippen molar-refractivity contribution in [3.63, 3.8) is 0 Å². The SMILES string of the molecule is CCC(CC)NCC(C)N1CC(C)Cc2ccccc21. The van der Waals surface area contributed by atoms with Gasteiger partial charge in [-0.2, -0.15) is 0 Å². The van der Waals surface area contributed by atoms with Crippen LogP contribution in [0.2, 0.25) is 0 Å². The first kappa shape index (κ1) is 15.4. The molecule has 2 rings (SSSR count). The molecule has 0 spiro atoms. The lowest BCUT2D eigenvalue weighted by molar-refractivity contribution is 0.431. The molecule has 2 heteroatoms. The van der Waals surface area contributed by atoms with Crippen molar-refractivity contribution in [1.82, 2.24) is 5.32 Å². The fraction of sp³-hybridized carbons (Fsp3) is 0.667. The van der Waals surface area contributed by atoms with Crippen molar-refractivity contribution in [1.29, 1.82) is 0 Å². The van der Waals surface area contributed by atoms with Gasteiger partial charge in [-0.3, -0.25) is 0 Å². The van der Waals surface area contributed by atoms with E-state index in [1.165, 1.54) is 37.1 Å². The average Bonchev–Trinajstić information content (AvgIpc) is 2.47. The predicted octanol–water partition coefficient (Wildman–Crippen LogP) is 3.85. The number of fused-ring (bicyclic) bond motifs is 1. The highest BCUT2D eigenvalue weighted by Gasteiger charge is 2.24. The van der Waals surface area contributed by atoms with Crippen LogP contribution in [0.4, 0.5) is 5.69 Å². The van der Waals surface area contributed by atoms with Crippen LogP contribution in [0, 0.1) is 5.92 Å². The molecule has 1 aromatic rings. The lowest BCUT2D eigenvalue weighted by Gasteiger charge is -2.39. The van der Waals surface area contributed by atoms with Gasteiger partial charge in [0, 0.05) is 30.9 Å². The molecule has 1 aliphatic heterocycles. The third-order valence-electron chi connectivity index (χ3n) is 4.60. The summed E-state index contributed by atoms with van der Waals surface area (Å²) >= 11 is 0. The molecule has 2 atom stereocenters. The number of nitrogens with zero attached hydrogens (tertiary/aromatic N) is 1. The molecule has 1 aromatic carbocycles. The Kier molecular flexibility index (Phi) is 5.47. The van der Waals surface area contributed by atoms with E-state index >= 15 is 0 Å². The maximum atomic E-state index is 3.72. The van der Waals surface area contributed by atoms with Gasteiger partial charge in [-0.05, 0) is 43.7 Å². The number of benzene rings is 1. The van der Waals surface area contributed by atoms with Gasteiger partial charge in [0.05, 0.1) is 0 Å². The fourth-order valence-electron chi connectivity index (χ4n) is 3.28. The highest BCUT2D eigenvalue weighted by atomic mass is 15.2. The molecule has 0 aliphatic carbocycles. The van der Waals surface area contributed by atoms with E-state index in [2.05, 4.69) is 62.2 Å². The van der Waals surface area contributed by atoms with Crippen LogP contribution in [0.1, 0.15) is 46.1 Å². The second kappa shape index (κ2) is 7.12. The molecule has 2 unspecified atom stereocenters. The first-order valence-electron chi connectivity index (χ1n) is 8.23.